The van der Waals surface area contributed by atoms with Gasteiger partial charge in [-0.2, -0.15) is 13.7 Å². The second kappa shape index (κ2) is 5.81. The highest BCUT2D eigenvalue weighted by Crippen LogP contribution is 2.40. The van der Waals surface area contributed by atoms with Crippen LogP contribution in [0.4, 0.5) is 10.1 Å². The molecule has 8 heteroatoms. The highest BCUT2D eigenvalue weighted by Gasteiger charge is 2.39. The van der Waals surface area contributed by atoms with Crippen LogP contribution in [0.25, 0.3) is 11.1 Å². The molecule has 1 atom stereocenters. The summed E-state index contributed by atoms with van der Waals surface area (Å²) in [7, 11) is -4.45. The number of benzene rings is 2. The summed E-state index contributed by atoms with van der Waals surface area (Å²) in [6.45, 7) is 3.30. The molecule has 2 aromatic carbocycles. The zero-order valence-electron chi connectivity index (χ0n) is 13.4. The van der Waals surface area contributed by atoms with E-state index in [4.69, 9.17) is 10.00 Å². The van der Waals surface area contributed by atoms with Crippen LogP contribution in [0.1, 0.15) is 25.0 Å². The van der Waals surface area contributed by atoms with Gasteiger partial charge in [-0.1, -0.05) is 6.07 Å². The standard InChI is InChI=1S/C17H15FN2O4S/c1-17(2)13-8-11(12-7-10(9-19)3-5-14(12)18)4-6-15(13)20-16(24-17)25(21,22)23/h3-8,16,20H,1-2H3,(H,21,22,23). The van der Waals surface area contributed by atoms with Gasteiger partial charge in [0.2, 0.25) is 0 Å². The van der Waals surface area contributed by atoms with Gasteiger partial charge < -0.3 is 10.1 Å². The van der Waals surface area contributed by atoms with E-state index >= 15 is 0 Å². The highest BCUT2D eigenvalue weighted by molar-refractivity contribution is 7.86. The van der Waals surface area contributed by atoms with Gasteiger partial charge in [-0.3, -0.25) is 4.55 Å². The molecule has 1 aliphatic rings. The number of halogens is 1. The molecule has 0 saturated heterocycles. The van der Waals surface area contributed by atoms with Crippen LogP contribution in [0.2, 0.25) is 0 Å². The first kappa shape index (κ1) is 17.4. The Hall–Kier alpha value is -2.47. The smallest absolute Gasteiger partial charge is 0.312 e. The number of nitriles is 1. The van der Waals surface area contributed by atoms with Crippen LogP contribution in [-0.2, 0) is 20.5 Å². The first-order valence-corrected chi connectivity index (χ1v) is 8.87. The van der Waals surface area contributed by atoms with Gasteiger partial charge in [-0.15, -0.1) is 0 Å². The van der Waals surface area contributed by atoms with E-state index in [2.05, 4.69) is 5.32 Å². The van der Waals surface area contributed by atoms with Crippen molar-refractivity contribution in [3.8, 4) is 17.2 Å². The van der Waals surface area contributed by atoms with Gasteiger partial charge >= 0.3 is 10.1 Å². The van der Waals surface area contributed by atoms with Gasteiger partial charge in [0.05, 0.1) is 17.2 Å². The molecule has 130 valence electrons. The van der Waals surface area contributed by atoms with E-state index in [0.29, 0.717) is 22.4 Å². The molecule has 0 amide bonds. The lowest BCUT2D eigenvalue weighted by Crippen LogP contribution is -2.43. The third kappa shape index (κ3) is 3.22. The molecule has 0 aromatic heterocycles. The quantitative estimate of drug-likeness (QED) is 0.796. The summed E-state index contributed by atoms with van der Waals surface area (Å²) < 4.78 is 51.6. The van der Waals surface area contributed by atoms with Gasteiger partial charge in [0.25, 0.3) is 5.56 Å². The van der Waals surface area contributed by atoms with Crippen molar-refractivity contribution in [2.75, 3.05) is 5.32 Å². The Labute approximate surface area is 144 Å². The summed E-state index contributed by atoms with van der Waals surface area (Å²) in [6, 6.07) is 10.9. The number of nitrogens with one attached hydrogen (secondary N) is 1. The molecule has 25 heavy (non-hydrogen) atoms. The average Bonchev–Trinajstić information content (AvgIpc) is 2.53. The van der Waals surface area contributed by atoms with Gasteiger partial charge in [0.1, 0.15) is 5.82 Å². The number of nitrogens with zero attached hydrogens (tertiary/aromatic N) is 1. The van der Waals surface area contributed by atoms with Crippen molar-refractivity contribution < 1.29 is 22.1 Å². The molecule has 0 fully saturated rings. The van der Waals surface area contributed by atoms with Gasteiger partial charge in [0, 0.05) is 16.8 Å². The van der Waals surface area contributed by atoms with E-state index in [1.54, 1.807) is 32.0 Å². The van der Waals surface area contributed by atoms with E-state index in [1.807, 2.05) is 6.07 Å². The fourth-order valence-electron chi connectivity index (χ4n) is 2.77. The van der Waals surface area contributed by atoms with Crippen LogP contribution in [0.5, 0.6) is 0 Å². The third-order valence-electron chi connectivity index (χ3n) is 4.02. The highest BCUT2D eigenvalue weighted by atomic mass is 32.2. The maximum atomic E-state index is 14.2. The molecule has 1 aliphatic heterocycles. The Kier molecular flexibility index (Phi) is 4.03. The van der Waals surface area contributed by atoms with E-state index in [1.165, 1.54) is 18.2 Å². The van der Waals surface area contributed by atoms with Crippen LogP contribution in [-0.4, -0.2) is 18.5 Å². The topological polar surface area (TPSA) is 99.4 Å². The lowest BCUT2D eigenvalue weighted by Gasteiger charge is -2.37. The normalized spacial score (nSPS) is 18.8. The number of hydrogen-bond acceptors (Lipinski definition) is 5. The summed E-state index contributed by atoms with van der Waals surface area (Å²) in [5.41, 5.74) is -0.452. The second-order valence-electron chi connectivity index (χ2n) is 6.19. The molecule has 0 radical (unpaired) electrons. The molecular weight excluding hydrogens is 347 g/mol. The molecule has 0 bridgehead atoms. The van der Waals surface area contributed by atoms with E-state index in [-0.39, 0.29) is 5.56 Å². The average molecular weight is 362 g/mol. The maximum absolute atomic E-state index is 14.2. The Balaban J connectivity index is 2.11. The molecule has 0 spiro atoms. The molecule has 3 rings (SSSR count). The lowest BCUT2D eigenvalue weighted by molar-refractivity contribution is -0.0406. The first-order valence-electron chi connectivity index (χ1n) is 7.37. The van der Waals surface area contributed by atoms with Gasteiger partial charge in [0.15, 0.2) is 0 Å². The third-order valence-corrected chi connectivity index (χ3v) is 4.78. The number of rotatable bonds is 2. The summed E-state index contributed by atoms with van der Waals surface area (Å²) >= 11 is 0. The predicted molar refractivity (Wildman–Crippen MR) is 89.6 cm³/mol. The minimum atomic E-state index is -4.45. The van der Waals surface area contributed by atoms with Gasteiger partial charge in [-0.05, 0) is 49.7 Å². The summed E-state index contributed by atoms with van der Waals surface area (Å²) in [4.78, 5) is 0. The molecule has 0 aliphatic carbocycles. The molecule has 6 nitrogen and oxygen atoms in total. The first-order chi connectivity index (χ1) is 11.6. The Morgan fingerprint density at radius 3 is 2.64 bits per heavy atom. The van der Waals surface area contributed by atoms with Crippen LogP contribution < -0.4 is 5.32 Å². The van der Waals surface area contributed by atoms with Crippen LogP contribution in [0.15, 0.2) is 36.4 Å². The number of ether oxygens (including phenoxy) is 1. The second-order valence-corrected chi connectivity index (χ2v) is 7.64. The Morgan fingerprint density at radius 2 is 2.00 bits per heavy atom. The van der Waals surface area contributed by atoms with Crippen molar-refractivity contribution in [1.29, 1.82) is 5.26 Å². The van der Waals surface area contributed by atoms with Crippen LogP contribution in [0, 0.1) is 17.1 Å². The van der Waals surface area contributed by atoms with E-state index < -0.39 is 27.1 Å². The maximum Gasteiger partial charge on any atom is 0.312 e. The Morgan fingerprint density at radius 1 is 1.28 bits per heavy atom. The van der Waals surface area contributed by atoms with Crippen molar-refractivity contribution in [3.05, 3.63) is 53.3 Å². The Bertz CT molecular complexity index is 996. The summed E-state index contributed by atoms with van der Waals surface area (Å²) in [5.74, 6) is -0.475. The van der Waals surface area contributed by atoms with Gasteiger partial charge in [-0.25, -0.2) is 4.39 Å². The van der Waals surface area contributed by atoms with Crippen molar-refractivity contribution in [2.45, 2.75) is 25.0 Å². The molecule has 2 aromatic rings. The van der Waals surface area contributed by atoms with Crippen LogP contribution >= 0.6 is 0 Å². The number of anilines is 1. The summed E-state index contributed by atoms with van der Waals surface area (Å²) in [5, 5.41) is 11.6. The minimum Gasteiger partial charge on any atom is -0.345 e. The lowest BCUT2D eigenvalue weighted by atomic mass is 9.91. The monoisotopic (exact) mass is 362 g/mol. The summed E-state index contributed by atoms with van der Waals surface area (Å²) in [6.07, 6.45) is 0. The zero-order chi connectivity index (χ0) is 18.4. The fraction of sp³-hybridized carbons (Fsp3) is 0.235. The van der Waals surface area contributed by atoms with Crippen LogP contribution in [0.3, 0.4) is 0 Å². The largest absolute Gasteiger partial charge is 0.345 e. The molecular formula is C17H15FN2O4S. The van der Waals surface area contributed by atoms with Crippen molar-refractivity contribution in [2.24, 2.45) is 0 Å². The predicted octanol–water partition coefficient (Wildman–Crippen LogP) is 3.21. The van der Waals surface area contributed by atoms with Crippen molar-refractivity contribution in [1.82, 2.24) is 0 Å². The molecule has 0 saturated carbocycles. The minimum absolute atomic E-state index is 0.259. The van der Waals surface area contributed by atoms with Crippen molar-refractivity contribution >= 4 is 15.8 Å². The van der Waals surface area contributed by atoms with Crippen molar-refractivity contribution in [3.63, 3.8) is 0 Å². The molecule has 2 N–H and O–H groups in total. The van der Waals surface area contributed by atoms with E-state index in [9.17, 15) is 17.4 Å². The molecule has 1 heterocycles. The fourth-order valence-corrected chi connectivity index (χ4v) is 3.41. The number of hydrogen-bond donors (Lipinski definition) is 2. The van der Waals surface area contributed by atoms with E-state index in [0.717, 1.165) is 0 Å². The SMILES string of the molecule is CC1(C)OC(S(=O)(=O)O)Nc2ccc(-c3cc(C#N)ccc3F)cc21. The number of fused-ring (bicyclic) bond motifs is 1. The zero-order valence-corrected chi connectivity index (χ0v) is 14.3. The molecule has 1 unspecified atom stereocenters.